The zero-order chi connectivity index (χ0) is 12.2. The minimum absolute atomic E-state index is 0.239. The summed E-state index contributed by atoms with van der Waals surface area (Å²) in [6.45, 7) is 6.69. The Morgan fingerprint density at radius 2 is 1.93 bits per heavy atom. The Labute approximate surface area is 89.5 Å². The molecule has 0 fully saturated rings. The van der Waals surface area contributed by atoms with Gasteiger partial charge in [0, 0.05) is 16.5 Å². The molecule has 0 radical (unpaired) electrons. The second-order valence-electron chi connectivity index (χ2n) is 4.71. The summed E-state index contributed by atoms with van der Waals surface area (Å²) >= 11 is 0. The molecule has 0 aromatic rings. The highest BCUT2D eigenvalue weighted by molar-refractivity contribution is 4.83. The number of nitrogens with one attached hydrogen (secondary N) is 1. The first-order valence-electron chi connectivity index (χ1n) is 4.89. The van der Waals surface area contributed by atoms with Gasteiger partial charge in [-0.3, -0.25) is 10.1 Å². The van der Waals surface area contributed by atoms with Crippen LogP contribution in [-0.4, -0.2) is 45.5 Å². The summed E-state index contributed by atoms with van der Waals surface area (Å²) in [6, 6.07) is -1.79. The van der Waals surface area contributed by atoms with Gasteiger partial charge in [-0.1, -0.05) is 0 Å². The highest BCUT2D eigenvalue weighted by Gasteiger charge is 2.34. The number of nitro groups is 1. The van der Waals surface area contributed by atoms with Crippen LogP contribution >= 0.6 is 0 Å². The first-order valence-corrected chi connectivity index (χ1v) is 4.89. The fourth-order valence-corrected chi connectivity index (χ4v) is 1.40. The van der Waals surface area contributed by atoms with Crippen LogP contribution in [0, 0.1) is 10.1 Å². The molecule has 0 aliphatic heterocycles. The van der Waals surface area contributed by atoms with E-state index in [-0.39, 0.29) is 5.54 Å². The van der Waals surface area contributed by atoms with Gasteiger partial charge in [0.2, 0.25) is 0 Å². The maximum Gasteiger partial charge on any atom is 0.262 e. The molecule has 0 rings (SSSR count). The van der Waals surface area contributed by atoms with Crippen molar-refractivity contribution in [1.29, 1.82) is 0 Å². The molecule has 0 bridgehead atoms. The van der Waals surface area contributed by atoms with Crippen molar-refractivity contribution in [1.82, 2.24) is 5.32 Å². The lowest BCUT2D eigenvalue weighted by molar-refractivity contribution is -0.538. The van der Waals surface area contributed by atoms with Crippen molar-refractivity contribution in [2.45, 2.75) is 51.4 Å². The third-order valence-electron chi connectivity index (χ3n) is 2.03. The topological polar surface area (TPSA) is 95.6 Å². The number of hydrogen-bond acceptors (Lipinski definition) is 5. The van der Waals surface area contributed by atoms with Crippen molar-refractivity contribution in [2.75, 3.05) is 6.61 Å². The van der Waals surface area contributed by atoms with Crippen LogP contribution in [0.5, 0.6) is 0 Å². The standard InChI is InChI=1S/C9H20N2O4/c1-6(10-9(2,3)4)8(13)7(5-12)11(14)15/h6-8,10,12-13H,5H2,1-4H3. The van der Waals surface area contributed by atoms with Crippen LogP contribution < -0.4 is 5.32 Å². The summed E-state index contributed by atoms with van der Waals surface area (Å²) in [5.74, 6) is 0. The molecule has 0 aliphatic rings. The van der Waals surface area contributed by atoms with E-state index in [1.54, 1.807) is 6.92 Å². The van der Waals surface area contributed by atoms with Crippen LogP contribution in [0.25, 0.3) is 0 Å². The third kappa shape index (κ3) is 5.06. The minimum Gasteiger partial charge on any atom is -0.389 e. The van der Waals surface area contributed by atoms with Gasteiger partial charge in [-0.25, -0.2) is 0 Å². The first kappa shape index (κ1) is 14.3. The Morgan fingerprint density at radius 1 is 1.47 bits per heavy atom. The van der Waals surface area contributed by atoms with E-state index in [2.05, 4.69) is 5.32 Å². The van der Waals surface area contributed by atoms with Gasteiger partial charge in [-0.15, -0.1) is 0 Å². The quantitative estimate of drug-likeness (QED) is 0.439. The van der Waals surface area contributed by atoms with E-state index in [1.165, 1.54) is 0 Å². The van der Waals surface area contributed by atoms with Crippen molar-refractivity contribution in [2.24, 2.45) is 0 Å². The normalized spacial score (nSPS) is 18.3. The lowest BCUT2D eigenvalue weighted by atomic mass is 10.0. The minimum atomic E-state index is -1.34. The second-order valence-corrected chi connectivity index (χ2v) is 4.71. The van der Waals surface area contributed by atoms with E-state index in [0.29, 0.717) is 0 Å². The Morgan fingerprint density at radius 3 is 2.20 bits per heavy atom. The molecule has 6 heteroatoms. The van der Waals surface area contributed by atoms with Gasteiger partial charge < -0.3 is 15.5 Å². The third-order valence-corrected chi connectivity index (χ3v) is 2.03. The van der Waals surface area contributed by atoms with Crippen LogP contribution in [0.3, 0.4) is 0 Å². The fraction of sp³-hybridized carbons (Fsp3) is 1.00. The van der Waals surface area contributed by atoms with E-state index in [0.717, 1.165) is 0 Å². The summed E-state index contributed by atoms with van der Waals surface area (Å²) in [5.41, 5.74) is -0.239. The van der Waals surface area contributed by atoms with Crippen LogP contribution in [0.2, 0.25) is 0 Å². The monoisotopic (exact) mass is 220 g/mol. The number of nitrogens with zero attached hydrogens (tertiary/aromatic N) is 1. The molecule has 0 aromatic heterocycles. The SMILES string of the molecule is CC(NC(C)(C)C)C(O)C(CO)[N+](=O)[O-]. The number of aliphatic hydroxyl groups is 2. The van der Waals surface area contributed by atoms with Gasteiger partial charge in [-0.05, 0) is 27.7 Å². The summed E-state index contributed by atoms with van der Waals surface area (Å²) in [5, 5.41) is 32.0. The molecule has 15 heavy (non-hydrogen) atoms. The maximum absolute atomic E-state index is 10.5. The van der Waals surface area contributed by atoms with Crippen molar-refractivity contribution in [3.63, 3.8) is 0 Å². The molecule has 6 nitrogen and oxygen atoms in total. The van der Waals surface area contributed by atoms with E-state index >= 15 is 0 Å². The largest absolute Gasteiger partial charge is 0.389 e. The maximum atomic E-state index is 10.5. The van der Waals surface area contributed by atoms with Crippen LogP contribution in [0.15, 0.2) is 0 Å². The molecule has 0 amide bonds. The summed E-state index contributed by atoms with van der Waals surface area (Å²) in [7, 11) is 0. The summed E-state index contributed by atoms with van der Waals surface area (Å²) in [6.07, 6.45) is -1.20. The Balaban J connectivity index is 4.41. The molecular weight excluding hydrogens is 200 g/mol. The number of rotatable bonds is 5. The zero-order valence-corrected chi connectivity index (χ0v) is 9.60. The Bertz CT molecular complexity index is 215. The predicted octanol–water partition coefficient (Wildman–Crippen LogP) is -0.238. The van der Waals surface area contributed by atoms with E-state index < -0.39 is 29.7 Å². The van der Waals surface area contributed by atoms with Crippen LogP contribution in [0.4, 0.5) is 0 Å². The number of aliphatic hydroxyl groups excluding tert-OH is 2. The molecule has 0 aliphatic carbocycles. The van der Waals surface area contributed by atoms with E-state index in [4.69, 9.17) is 5.11 Å². The molecule has 90 valence electrons. The molecule has 3 N–H and O–H groups in total. The smallest absolute Gasteiger partial charge is 0.262 e. The Hall–Kier alpha value is -0.720. The Kier molecular flexibility index (Phi) is 5.13. The molecule has 0 saturated heterocycles. The van der Waals surface area contributed by atoms with Crippen molar-refractivity contribution in [3.05, 3.63) is 10.1 Å². The average molecular weight is 220 g/mol. The van der Waals surface area contributed by atoms with Gasteiger partial charge in [-0.2, -0.15) is 0 Å². The summed E-state index contributed by atoms with van der Waals surface area (Å²) < 4.78 is 0. The van der Waals surface area contributed by atoms with Gasteiger partial charge >= 0.3 is 0 Å². The molecule has 0 spiro atoms. The summed E-state index contributed by atoms with van der Waals surface area (Å²) in [4.78, 5) is 9.84. The molecule has 0 heterocycles. The first-order chi connectivity index (χ1) is 6.69. The van der Waals surface area contributed by atoms with Gasteiger partial charge in [0.05, 0.1) is 0 Å². The van der Waals surface area contributed by atoms with Gasteiger partial charge in [0.15, 0.2) is 0 Å². The van der Waals surface area contributed by atoms with Crippen molar-refractivity contribution in [3.8, 4) is 0 Å². The highest BCUT2D eigenvalue weighted by atomic mass is 16.6. The van der Waals surface area contributed by atoms with Gasteiger partial charge in [0.25, 0.3) is 6.04 Å². The lowest BCUT2D eigenvalue weighted by Gasteiger charge is -2.29. The van der Waals surface area contributed by atoms with Crippen molar-refractivity contribution < 1.29 is 15.1 Å². The van der Waals surface area contributed by atoms with E-state index in [9.17, 15) is 15.2 Å². The van der Waals surface area contributed by atoms with Crippen LogP contribution in [0.1, 0.15) is 27.7 Å². The lowest BCUT2D eigenvalue weighted by Crippen LogP contribution is -2.54. The second kappa shape index (κ2) is 5.39. The van der Waals surface area contributed by atoms with E-state index in [1.807, 2.05) is 20.8 Å². The molecule has 0 saturated carbocycles. The molecule has 3 unspecified atom stereocenters. The highest BCUT2D eigenvalue weighted by Crippen LogP contribution is 2.08. The fourth-order valence-electron chi connectivity index (χ4n) is 1.40. The average Bonchev–Trinajstić information content (AvgIpc) is 2.01. The molecular formula is C9H20N2O4. The molecule has 3 atom stereocenters. The zero-order valence-electron chi connectivity index (χ0n) is 9.60. The number of hydrogen-bond donors (Lipinski definition) is 3. The molecule has 0 aromatic carbocycles. The van der Waals surface area contributed by atoms with Gasteiger partial charge in [0.1, 0.15) is 12.7 Å². The van der Waals surface area contributed by atoms with Crippen LogP contribution in [-0.2, 0) is 0 Å². The van der Waals surface area contributed by atoms with Crippen molar-refractivity contribution >= 4 is 0 Å². The predicted molar refractivity (Wildman–Crippen MR) is 56.2 cm³/mol.